The molecule has 0 fully saturated rings. The third kappa shape index (κ3) is 2.83. The van der Waals surface area contributed by atoms with Gasteiger partial charge in [0, 0.05) is 35.4 Å². The number of nitrogens with one attached hydrogen (secondary N) is 1. The summed E-state index contributed by atoms with van der Waals surface area (Å²) in [6.07, 6.45) is 3.86. The lowest BCUT2D eigenvalue weighted by molar-refractivity contribution is 0.593. The van der Waals surface area contributed by atoms with E-state index in [1.165, 1.54) is 9.58 Å². The zero-order valence-corrected chi connectivity index (χ0v) is 12.5. The van der Waals surface area contributed by atoms with Crippen LogP contribution in [-0.4, -0.2) is 16.0 Å². The first kappa shape index (κ1) is 12.7. The van der Waals surface area contributed by atoms with Crippen molar-refractivity contribution >= 4 is 32.9 Å². The van der Waals surface area contributed by atoms with Crippen LogP contribution >= 0.6 is 22.7 Å². The maximum atomic E-state index is 4.50. The first-order valence-electron chi connectivity index (χ1n) is 6.24. The van der Waals surface area contributed by atoms with Gasteiger partial charge < -0.3 is 5.32 Å². The van der Waals surface area contributed by atoms with Gasteiger partial charge in [-0.1, -0.05) is 13.8 Å². The van der Waals surface area contributed by atoms with Crippen LogP contribution < -0.4 is 5.32 Å². The fourth-order valence-electron chi connectivity index (χ4n) is 1.79. The number of nitrogens with zero attached hydrogens (tertiary/aromatic N) is 2. The molecule has 0 bridgehead atoms. The van der Waals surface area contributed by atoms with Crippen molar-refractivity contribution in [3.8, 4) is 10.6 Å². The molecule has 0 aliphatic carbocycles. The van der Waals surface area contributed by atoms with Gasteiger partial charge in [0.25, 0.3) is 0 Å². The van der Waals surface area contributed by atoms with E-state index in [9.17, 15) is 0 Å². The number of thiophene rings is 1. The molecule has 3 rings (SSSR count). The van der Waals surface area contributed by atoms with E-state index < -0.39 is 0 Å². The normalized spacial score (nSPS) is 11.5. The maximum Gasteiger partial charge on any atom is 0.125 e. The third-order valence-electron chi connectivity index (χ3n) is 2.79. The van der Waals surface area contributed by atoms with Gasteiger partial charge in [-0.15, -0.1) is 22.7 Å². The van der Waals surface area contributed by atoms with Gasteiger partial charge in [-0.05, 0) is 17.5 Å². The summed E-state index contributed by atoms with van der Waals surface area (Å²) < 4.78 is 1.22. The smallest absolute Gasteiger partial charge is 0.125 e. The van der Waals surface area contributed by atoms with Crippen LogP contribution in [0.4, 0.5) is 0 Å². The lowest BCUT2D eigenvalue weighted by Gasteiger charge is -2.04. The molecule has 3 nitrogen and oxygen atoms in total. The van der Waals surface area contributed by atoms with Crippen molar-refractivity contribution in [2.24, 2.45) is 0 Å². The molecule has 3 aromatic heterocycles. The van der Waals surface area contributed by atoms with Gasteiger partial charge in [-0.25, -0.2) is 4.98 Å². The highest BCUT2D eigenvalue weighted by atomic mass is 32.1. The molecule has 19 heavy (non-hydrogen) atoms. The average Bonchev–Trinajstić information content (AvgIpc) is 3.04. The largest absolute Gasteiger partial charge is 0.310 e. The monoisotopic (exact) mass is 289 g/mol. The summed E-state index contributed by atoms with van der Waals surface area (Å²) >= 11 is 3.45. The summed E-state index contributed by atoms with van der Waals surface area (Å²) in [6, 6.07) is 4.71. The summed E-state index contributed by atoms with van der Waals surface area (Å²) in [5.74, 6) is 0. The predicted octanol–water partition coefficient (Wildman–Crippen LogP) is 3.92. The van der Waals surface area contributed by atoms with E-state index in [1.807, 2.05) is 18.5 Å². The Hall–Kier alpha value is -1.30. The van der Waals surface area contributed by atoms with Crippen molar-refractivity contribution in [2.45, 2.75) is 26.4 Å². The molecule has 98 valence electrons. The van der Waals surface area contributed by atoms with E-state index in [0.29, 0.717) is 6.04 Å². The van der Waals surface area contributed by atoms with Crippen LogP contribution in [-0.2, 0) is 6.54 Å². The second-order valence-corrected chi connectivity index (χ2v) is 6.76. The number of hydrogen-bond donors (Lipinski definition) is 1. The number of aromatic nitrogens is 2. The van der Waals surface area contributed by atoms with Crippen molar-refractivity contribution in [3.05, 3.63) is 34.8 Å². The fraction of sp³-hybridized carbons (Fsp3) is 0.286. The van der Waals surface area contributed by atoms with Crippen LogP contribution in [0.15, 0.2) is 29.9 Å². The molecule has 0 aliphatic rings. The highest BCUT2D eigenvalue weighted by molar-refractivity contribution is 7.17. The molecule has 0 aliphatic heterocycles. The Kier molecular flexibility index (Phi) is 3.59. The van der Waals surface area contributed by atoms with Crippen LogP contribution in [0.5, 0.6) is 0 Å². The van der Waals surface area contributed by atoms with E-state index in [-0.39, 0.29) is 0 Å². The summed E-state index contributed by atoms with van der Waals surface area (Å²) in [7, 11) is 0. The molecule has 0 atom stereocenters. The standard InChI is InChI=1S/C14H15N3S2/c1-9(2)15-7-11-8-17-14(19-11)10-5-13-12(16-6-10)3-4-18-13/h3-6,8-9,15H,7H2,1-2H3. The summed E-state index contributed by atoms with van der Waals surface area (Å²) in [4.78, 5) is 10.2. The van der Waals surface area contributed by atoms with Crippen molar-refractivity contribution in [2.75, 3.05) is 0 Å². The minimum Gasteiger partial charge on any atom is -0.310 e. The molecule has 3 heterocycles. The molecule has 0 radical (unpaired) electrons. The quantitative estimate of drug-likeness (QED) is 0.791. The summed E-state index contributed by atoms with van der Waals surface area (Å²) in [5.41, 5.74) is 2.17. The molecule has 0 unspecified atom stereocenters. The second-order valence-electron chi connectivity index (χ2n) is 4.70. The average molecular weight is 289 g/mol. The number of pyridine rings is 1. The van der Waals surface area contributed by atoms with Crippen LogP contribution in [0.3, 0.4) is 0 Å². The highest BCUT2D eigenvalue weighted by Crippen LogP contribution is 2.28. The second kappa shape index (κ2) is 5.36. The van der Waals surface area contributed by atoms with Crippen molar-refractivity contribution in [1.82, 2.24) is 15.3 Å². The Morgan fingerprint density at radius 3 is 3.00 bits per heavy atom. The fourth-order valence-corrected chi connectivity index (χ4v) is 3.42. The molecule has 0 spiro atoms. The van der Waals surface area contributed by atoms with Crippen molar-refractivity contribution in [1.29, 1.82) is 0 Å². The minimum atomic E-state index is 0.495. The first-order valence-corrected chi connectivity index (χ1v) is 7.94. The molecular weight excluding hydrogens is 274 g/mol. The molecule has 0 saturated heterocycles. The summed E-state index contributed by atoms with van der Waals surface area (Å²) in [5, 5.41) is 6.52. The van der Waals surface area contributed by atoms with E-state index >= 15 is 0 Å². The SMILES string of the molecule is CC(C)NCc1cnc(-c2cnc3ccsc3c2)s1. The Balaban J connectivity index is 1.85. The van der Waals surface area contributed by atoms with Crippen molar-refractivity contribution < 1.29 is 0 Å². The number of thiazole rings is 1. The van der Waals surface area contributed by atoms with Crippen LogP contribution in [0.2, 0.25) is 0 Å². The zero-order valence-electron chi connectivity index (χ0n) is 10.9. The molecule has 1 N–H and O–H groups in total. The van der Waals surface area contributed by atoms with E-state index in [2.05, 4.69) is 40.6 Å². The lowest BCUT2D eigenvalue weighted by Crippen LogP contribution is -2.21. The molecule has 0 amide bonds. The van der Waals surface area contributed by atoms with Crippen molar-refractivity contribution in [3.63, 3.8) is 0 Å². The van der Waals surface area contributed by atoms with Gasteiger partial charge in [0.2, 0.25) is 0 Å². The van der Waals surface area contributed by atoms with Gasteiger partial charge in [0.05, 0.1) is 10.2 Å². The number of rotatable bonds is 4. The van der Waals surface area contributed by atoms with Gasteiger partial charge >= 0.3 is 0 Å². The van der Waals surface area contributed by atoms with Crippen LogP contribution in [0, 0.1) is 0 Å². The van der Waals surface area contributed by atoms with Gasteiger partial charge in [-0.3, -0.25) is 4.98 Å². The predicted molar refractivity (Wildman–Crippen MR) is 82.7 cm³/mol. The molecule has 0 aromatic carbocycles. The Morgan fingerprint density at radius 1 is 1.26 bits per heavy atom. The van der Waals surface area contributed by atoms with E-state index in [1.54, 1.807) is 22.7 Å². The zero-order chi connectivity index (χ0) is 13.2. The van der Waals surface area contributed by atoms with Crippen LogP contribution in [0.1, 0.15) is 18.7 Å². The lowest BCUT2D eigenvalue weighted by atomic mass is 10.3. The third-order valence-corrected chi connectivity index (χ3v) is 4.69. The Bertz CT molecular complexity index is 685. The van der Waals surface area contributed by atoms with Gasteiger partial charge in [-0.2, -0.15) is 0 Å². The topological polar surface area (TPSA) is 37.8 Å². The molecule has 0 saturated carbocycles. The molecule has 3 aromatic rings. The Morgan fingerprint density at radius 2 is 2.16 bits per heavy atom. The number of hydrogen-bond acceptors (Lipinski definition) is 5. The molecule has 5 heteroatoms. The van der Waals surface area contributed by atoms with Gasteiger partial charge in [0.15, 0.2) is 0 Å². The van der Waals surface area contributed by atoms with E-state index in [0.717, 1.165) is 22.6 Å². The van der Waals surface area contributed by atoms with Crippen LogP contribution in [0.25, 0.3) is 20.8 Å². The minimum absolute atomic E-state index is 0.495. The molecular formula is C14H15N3S2. The first-order chi connectivity index (χ1) is 9.22. The van der Waals surface area contributed by atoms with Gasteiger partial charge in [0.1, 0.15) is 5.01 Å². The van der Waals surface area contributed by atoms with E-state index in [4.69, 9.17) is 0 Å². The number of fused-ring (bicyclic) bond motifs is 1. The maximum absolute atomic E-state index is 4.50. The highest BCUT2D eigenvalue weighted by Gasteiger charge is 2.07. The summed E-state index contributed by atoms with van der Waals surface area (Å²) in [6.45, 7) is 5.18. The Labute approximate surface area is 120 Å².